The van der Waals surface area contributed by atoms with Gasteiger partial charge in [-0.2, -0.15) is 0 Å². The van der Waals surface area contributed by atoms with Crippen LogP contribution < -0.4 is 10.5 Å². The number of hydrogen-bond acceptors (Lipinski definition) is 5. The van der Waals surface area contributed by atoms with Crippen LogP contribution in [0.3, 0.4) is 0 Å². The van der Waals surface area contributed by atoms with Gasteiger partial charge in [-0.1, -0.05) is 18.2 Å². The molecule has 1 aliphatic heterocycles. The topological polar surface area (TPSA) is 79.7 Å². The molecule has 1 unspecified atom stereocenters. The zero-order valence-electron chi connectivity index (χ0n) is 19.9. The Morgan fingerprint density at radius 1 is 1.06 bits per heavy atom. The summed E-state index contributed by atoms with van der Waals surface area (Å²) in [5.74, 6) is 0.674. The maximum Gasteiger partial charge on any atom is 0.254 e. The van der Waals surface area contributed by atoms with Crippen molar-refractivity contribution < 1.29 is 0 Å². The van der Waals surface area contributed by atoms with Gasteiger partial charge in [0.05, 0.1) is 5.54 Å². The molecule has 0 saturated carbocycles. The maximum absolute atomic E-state index is 13.5. The molecule has 2 aromatic carbocycles. The van der Waals surface area contributed by atoms with Gasteiger partial charge in [0, 0.05) is 23.3 Å². The third-order valence-corrected chi connectivity index (χ3v) is 6.61. The molecule has 0 spiro atoms. The fraction of sp³-hybridized carbons (Fsp3) is 0.385. The highest BCUT2D eigenvalue weighted by Crippen LogP contribution is 2.37. The minimum Gasteiger partial charge on any atom is -0.357 e. The highest BCUT2D eigenvalue weighted by Gasteiger charge is 2.35. The lowest BCUT2D eigenvalue weighted by Gasteiger charge is -2.38. The first-order valence-electron chi connectivity index (χ1n) is 11.5. The summed E-state index contributed by atoms with van der Waals surface area (Å²) in [4.78, 5) is 18.9. The average Bonchev–Trinajstić information content (AvgIpc) is 3.26. The van der Waals surface area contributed by atoms with E-state index in [1.54, 1.807) is 0 Å². The van der Waals surface area contributed by atoms with Gasteiger partial charge in [-0.25, -0.2) is 4.68 Å². The summed E-state index contributed by atoms with van der Waals surface area (Å²) in [5, 5.41) is 13.8. The molecule has 4 aromatic rings. The molecule has 2 aromatic heterocycles. The fourth-order valence-electron chi connectivity index (χ4n) is 4.82. The van der Waals surface area contributed by atoms with Crippen molar-refractivity contribution in [3.05, 3.63) is 80.9 Å². The van der Waals surface area contributed by atoms with Gasteiger partial charge >= 0.3 is 0 Å². The number of nitrogens with zero attached hydrogens (tertiary/aromatic N) is 5. The summed E-state index contributed by atoms with van der Waals surface area (Å²) in [6, 6.07) is 14.2. The van der Waals surface area contributed by atoms with Gasteiger partial charge in [-0.15, -0.1) is 5.10 Å². The van der Waals surface area contributed by atoms with Crippen LogP contribution in [0.1, 0.15) is 61.3 Å². The van der Waals surface area contributed by atoms with Gasteiger partial charge in [0.2, 0.25) is 0 Å². The Morgan fingerprint density at radius 3 is 2.61 bits per heavy atom. The van der Waals surface area contributed by atoms with Crippen LogP contribution in [-0.2, 0) is 12.0 Å². The first kappa shape index (κ1) is 21.4. The lowest BCUT2D eigenvalue weighted by molar-refractivity contribution is 0.329. The van der Waals surface area contributed by atoms with Crippen LogP contribution in [0, 0.1) is 13.8 Å². The number of para-hydroxylation sites is 1. The van der Waals surface area contributed by atoms with E-state index >= 15 is 0 Å². The van der Waals surface area contributed by atoms with Crippen molar-refractivity contribution in [1.82, 2.24) is 25.2 Å². The van der Waals surface area contributed by atoms with Crippen molar-refractivity contribution in [2.45, 2.75) is 59.0 Å². The number of anilines is 1. The molecule has 1 N–H and O–H groups in total. The number of hydrogen-bond donors (Lipinski definition) is 1. The molecule has 7 nitrogen and oxygen atoms in total. The summed E-state index contributed by atoms with van der Waals surface area (Å²) in [6.45, 7) is 11.2. The van der Waals surface area contributed by atoms with Gasteiger partial charge in [0.15, 0.2) is 5.82 Å². The number of aromatic amines is 1. The Morgan fingerprint density at radius 2 is 1.82 bits per heavy atom. The van der Waals surface area contributed by atoms with Crippen molar-refractivity contribution in [2.75, 3.05) is 11.4 Å². The molecule has 7 heteroatoms. The van der Waals surface area contributed by atoms with E-state index in [-0.39, 0.29) is 11.1 Å². The third kappa shape index (κ3) is 3.71. The van der Waals surface area contributed by atoms with Crippen LogP contribution in [0.15, 0.2) is 47.3 Å². The number of nitrogens with one attached hydrogen (secondary N) is 1. The summed E-state index contributed by atoms with van der Waals surface area (Å²) in [6.07, 6.45) is 2.03. The number of H-pyrrole nitrogens is 1. The second-order valence-electron chi connectivity index (χ2n) is 10.0. The van der Waals surface area contributed by atoms with E-state index in [2.05, 4.69) is 90.4 Å². The standard InChI is InChI=1S/C26H30N6O/c1-16-13-19-15-20(25(33)27-21(19)14-17(16)2)23(24-28-29-30-32(24)26(3,4)5)31-12-8-10-18-9-6-7-11-22(18)31/h6-7,9,11,13-15,23H,8,10,12H2,1-5H3,(H,27,33). The minimum absolute atomic E-state index is 0.109. The van der Waals surface area contributed by atoms with Crippen LogP contribution in [0.25, 0.3) is 10.9 Å². The number of tetrazole rings is 1. The zero-order chi connectivity index (χ0) is 23.3. The Kier molecular flexibility index (Phi) is 5.07. The molecule has 170 valence electrons. The van der Waals surface area contributed by atoms with E-state index in [1.807, 2.05) is 16.8 Å². The van der Waals surface area contributed by atoms with Crippen molar-refractivity contribution in [1.29, 1.82) is 0 Å². The third-order valence-electron chi connectivity index (χ3n) is 6.61. The normalized spacial score (nSPS) is 15.0. The molecule has 0 radical (unpaired) electrons. The van der Waals surface area contributed by atoms with Gasteiger partial charge in [0.1, 0.15) is 6.04 Å². The van der Waals surface area contributed by atoms with Gasteiger partial charge in [0.25, 0.3) is 5.56 Å². The van der Waals surface area contributed by atoms with E-state index in [0.717, 1.165) is 41.5 Å². The lowest BCUT2D eigenvalue weighted by Crippen LogP contribution is -2.40. The molecule has 1 atom stereocenters. The first-order valence-corrected chi connectivity index (χ1v) is 11.5. The Labute approximate surface area is 193 Å². The number of benzene rings is 2. The molecule has 0 bridgehead atoms. The largest absolute Gasteiger partial charge is 0.357 e. The van der Waals surface area contributed by atoms with Gasteiger partial charge in [-0.05, 0) is 104 Å². The summed E-state index contributed by atoms with van der Waals surface area (Å²) in [5.41, 5.74) is 5.84. The minimum atomic E-state index is -0.407. The van der Waals surface area contributed by atoms with Crippen molar-refractivity contribution >= 4 is 16.6 Å². The number of fused-ring (bicyclic) bond motifs is 2. The number of aryl methyl sites for hydroxylation is 3. The second-order valence-corrected chi connectivity index (χ2v) is 10.0. The highest BCUT2D eigenvalue weighted by atomic mass is 16.1. The number of aromatic nitrogens is 5. The molecular formula is C26H30N6O. The van der Waals surface area contributed by atoms with E-state index in [1.165, 1.54) is 11.1 Å². The molecule has 0 aliphatic carbocycles. The summed E-state index contributed by atoms with van der Waals surface area (Å²) in [7, 11) is 0. The van der Waals surface area contributed by atoms with Crippen molar-refractivity contribution in [2.24, 2.45) is 0 Å². The average molecular weight is 443 g/mol. The Bertz CT molecular complexity index is 1390. The van der Waals surface area contributed by atoms with E-state index in [0.29, 0.717) is 11.4 Å². The monoisotopic (exact) mass is 442 g/mol. The molecule has 33 heavy (non-hydrogen) atoms. The van der Waals surface area contributed by atoms with Crippen LogP contribution in [0.5, 0.6) is 0 Å². The molecule has 5 rings (SSSR count). The van der Waals surface area contributed by atoms with Crippen LogP contribution in [0.2, 0.25) is 0 Å². The molecule has 0 fully saturated rings. The van der Waals surface area contributed by atoms with E-state index in [4.69, 9.17) is 0 Å². The van der Waals surface area contributed by atoms with Gasteiger partial charge in [-0.3, -0.25) is 4.79 Å². The lowest BCUT2D eigenvalue weighted by atomic mass is 9.95. The molecule has 1 aliphatic rings. The Balaban J connectivity index is 1.78. The zero-order valence-corrected chi connectivity index (χ0v) is 19.9. The number of pyridine rings is 1. The van der Waals surface area contributed by atoms with E-state index < -0.39 is 6.04 Å². The van der Waals surface area contributed by atoms with E-state index in [9.17, 15) is 4.79 Å². The molecule has 0 amide bonds. The fourth-order valence-corrected chi connectivity index (χ4v) is 4.82. The predicted molar refractivity (Wildman–Crippen MR) is 131 cm³/mol. The second kappa shape index (κ2) is 7.83. The van der Waals surface area contributed by atoms with Crippen molar-refractivity contribution in [3.63, 3.8) is 0 Å². The summed E-state index contributed by atoms with van der Waals surface area (Å²) < 4.78 is 1.85. The van der Waals surface area contributed by atoms with Gasteiger partial charge < -0.3 is 9.88 Å². The Hall–Kier alpha value is -3.48. The summed E-state index contributed by atoms with van der Waals surface area (Å²) >= 11 is 0. The van der Waals surface area contributed by atoms with Crippen molar-refractivity contribution in [3.8, 4) is 0 Å². The van der Waals surface area contributed by atoms with Crippen LogP contribution in [-0.4, -0.2) is 31.7 Å². The van der Waals surface area contributed by atoms with Crippen LogP contribution in [0.4, 0.5) is 5.69 Å². The predicted octanol–water partition coefficient (Wildman–Crippen LogP) is 4.43. The molecular weight excluding hydrogens is 412 g/mol. The number of rotatable bonds is 3. The quantitative estimate of drug-likeness (QED) is 0.508. The molecule has 3 heterocycles. The van der Waals surface area contributed by atoms with Crippen LogP contribution >= 0.6 is 0 Å². The maximum atomic E-state index is 13.5. The first-order chi connectivity index (χ1) is 15.7. The molecule has 0 saturated heterocycles. The highest BCUT2D eigenvalue weighted by molar-refractivity contribution is 5.81. The SMILES string of the molecule is Cc1cc2cc(C(c3nnnn3C(C)(C)C)N3CCCc4ccccc43)c(=O)[nH]c2cc1C. The smallest absolute Gasteiger partial charge is 0.254 e.